The maximum atomic E-state index is 12.5. The van der Waals surface area contributed by atoms with Crippen LogP contribution < -0.4 is 16.5 Å². The van der Waals surface area contributed by atoms with Crippen LogP contribution in [0.4, 0.5) is 5.00 Å². The number of benzene rings is 1. The Morgan fingerprint density at radius 2 is 2.00 bits per heavy atom. The van der Waals surface area contributed by atoms with Gasteiger partial charge in [-0.05, 0) is 55.6 Å². The minimum absolute atomic E-state index is 0.116. The normalized spacial score (nSPS) is 13.5. The van der Waals surface area contributed by atoms with Crippen molar-refractivity contribution in [2.75, 3.05) is 5.32 Å². The Morgan fingerprint density at radius 3 is 2.75 bits per heavy atom. The summed E-state index contributed by atoms with van der Waals surface area (Å²) in [6.07, 6.45) is 6.08. The predicted octanol–water partition coefficient (Wildman–Crippen LogP) is 3.05. The molecule has 1 amide bonds. The highest BCUT2D eigenvalue weighted by atomic mass is 32.1. The summed E-state index contributed by atoms with van der Waals surface area (Å²) in [5, 5.41) is 8.03. The van der Waals surface area contributed by atoms with Gasteiger partial charge in [-0.3, -0.25) is 10.2 Å². The Labute approximate surface area is 150 Å². The van der Waals surface area contributed by atoms with Crippen LogP contribution in [0.5, 0.6) is 0 Å². The van der Waals surface area contributed by atoms with Gasteiger partial charge in [-0.2, -0.15) is 5.10 Å². The van der Waals surface area contributed by atoms with Crippen molar-refractivity contribution in [2.24, 2.45) is 10.8 Å². The van der Waals surface area contributed by atoms with E-state index in [1.807, 2.05) is 18.2 Å². The fourth-order valence-corrected chi connectivity index (χ4v) is 4.06. The summed E-state index contributed by atoms with van der Waals surface area (Å²) in [6.45, 7) is 0. The number of thiocarbonyl (C=S) groups is 1. The fourth-order valence-electron chi connectivity index (χ4n) is 2.75. The maximum absolute atomic E-state index is 12.5. The molecule has 1 aliphatic rings. The summed E-state index contributed by atoms with van der Waals surface area (Å²) in [5.41, 5.74) is 10.8. The number of hydrogen-bond donors (Lipinski definition) is 3. The first-order valence-electron chi connectivity index (χ1n) is 7.74. The number of carbonyl (C=O) groups excluding carboxylic acids is 1. The summed E-state index contributed by atoms with van der Waals surface area (Å²) in [4.78, 5) is 13.8. The zero-order chi connectivity index (χ0) is 16.9. The van der Waals surface area contributed by atoms with Crippen LogP contribution in [-0.4, -0.2) is 17.2 Å². The summed E-state index contributed by atoms with van der Waals surface area (Å²) in [6, 6.07) is 9.18. The van der Waals surface area contributed by atoms with Gasteiger partial charge in [0.05, 0.1) is 6.21 Å². The second-order valence-corrected chi connectivity index (χ2v) is 7.05. The monoisotopic (exact) mass is 358 g/mol. The molecule has 124 valence electrons. The third kappa shape index (κ3) is 3.80. The van der Waals surface area contributed by atoms with Crippen molar-refractivity contribution in [1.29, 1.82) is 0 Å². The molecule has 7 heteroatoms. The second kappa shape index (κ2) is 7.55. The van der Waals surface area contributed by atoms with E-state index in [0.29, 0.717) is 5.56 Å². The molecule has 24 heavy (non-hydrogen) atoms. The Hall–Kier alpha value is -2.25. The van der Waals surface area contributed by atoms with Crippen LogP contribution in [0.25, 0.3) is 0 Å². The van der Waals surface area contributed by atoms with Crippen molar-refractivity contribution in [3.05, 3.63) is 51.9 Å². The molecule has 1 aromatic heterocycles. The Morgan fingerprint density at radius 1 is 1.25 bits per heavy atom. The number of rotatable bonds is 4. The SMILES string of the molecule is NC(=S)N/N=C/c1c(NC(=O)c2ccccc2)sc2c1CCCC2. The molecule has 0 bridgehead atoms. The van der Waals surface area contributed by atoms with Crippen LogP contribution in [0.1, 0.15) is 39.2 Å². The molecule has 0 fully saturated rings. The van der Waals surface area contributed by atoms with Crippen molar-refractivity contribution in [1.82, 2.24) is 5.43 Å². The number of nitrogens with one attached hydrogen (secondary N) is 2. The van der Waals surface area contributed by atoms with Gasteiger partial charge >= 0.3 is 0 Å². The summed E-state index contributed by atoms with van der Waals surface area (Å²) >= 11 is 6.39. The van der Waals surface area contributed by atoms with E-state index in [2.05, 4.69) is 15.8 Å². The first-order valence-corrected chi connectivity index (χ1v) is 8.97. The maximum Gasteiger partial charge on any atom is 0.256 e. The number of hydrogen-bond acceptors (Lipinski definition) is 4. The van der Waals surface area contributed by atoms with Crippen LogP contribution >= 0.6 is 23.6 Å². The number of carbonyl (C=O) groups is 1. The van der Waals surface area contributed by atoms with Crippen molar-refractivity contribution >= 4 is 45.8 Å². The first-order chi connectivity index (χ1) is 11.6. The Balaban J connectivity index is 1.88. The second-order valence-electron chi connectivity index (χ2n) is 5.51. The lowest BCUT2D eigenvalue weighted by atomic mass is 9.96. The minimum Gasteiger partial charge on any atom is -0.375 e. The smallest absolute Gasteiger partial charge is 0.256 e. The topological polar surface area (TPSA) is 79.5 Å². The molecule has 0 saturated carbocycles. The van der Waals surface area contributed by atoms with Crippen molar-refractivity contribution in [3.63, 3.8) is 0 Å². The number of nitrogens with zero attached hydrogens (tertiary/aromatic N) is 1. The molecule has 0 aliphatic heterocycles. The average Bonchev–Trinajstić information content (AvgIpc) is 2.93. The molecule has 0 atom stereocenters. The van der Waals surface area contributed by atoms with Crippen LogP contribution in [0.3, 0.4) is 0 Å². The van der Waals surface area contributed by atoms with E-state index in [0.717, 1.165) is 29.8 Å². The lowest BCUT2D eigenvalue weighted by Gasteiger charge is -2.11. The molecule has 0 saturated heterocycles. The number of hydrazone groups is 1. The van der Waals surface area contributed by atoms with Crippen LogP contribution in [0.2, 0.25) is 0 Å². The summed E-state index contributed by atoms with van der Waals surface area (Å²) in [7, 11) is 0. The highest BCUT2D eigenvalue weighted by Crippen LogP contribution is 2.37. The highest BCUT2D eigenvalue weighted by Gasteiger charge is 2.21. The number of anilines is 1. The molecule has 2 aromatic rings. The highest BCUT2D eigenvalue weighted by molar-refractivity contribution is 7.80. The van der Waals surface area contributed by atoms with Crippen molar-refractivity contribution in [3.8, 4) is 0 Å². The number of thiophene rings is 1. The Bertz CT molecular complexity index is 783. The number of fused-ring (bicyclic) bond motifs is 1. The van der Waals surface area contributed by atoms with Gasteiger partial charge < -0.3 is 11.1 Å². The molecule has 1 heterocycles. The zero-order valence-corrected chi connectivity index (χ0v) is 14.7. The number of aryl methyl sites for hydroxylation is 1. The third-order valence-electron chi connectivity index (χ3n) is 3.84. The van der Waals surface area contributed by atoms with Gasteiger partial charge in [0.25, 0.3) is 5.91 Å². The van der Waals surface area contributed by atoms with E-state index in [1.165, 1.54) is 16.9 Å². The van der Waals surface area contributed by atoms with E-state index >= 15 is 0 Å². The quantitative estimate of drug-likeness (QED) is 0.446. The van der Waals surface area contributed by atoms with E-state index in [9.17, 15) is 4.79 Å². The van der Waals surface area contributed by atoms with Gasteiger partial charge in [0.1, 0.15) is 5.00 Å². The van der Waals surface area contributed by atoms with Crippen LogP contribution in [0.15, 0.2) is 35.4 Å². The van der Waals surface area contributed by atoms with E-state index in [1.54, 1.807) is 29.7 Å². The summed E-state index contributed by atoms with van der Waals surface area (Å²) < 4.78 is 0. The molecule has 0 radical (unpaired) electrons. The van der Waals surface area contributed by atoms with Gasteiger partial charge in [0.15, 0.2) is 5.11 Å². The molecule has 5 nitrogen and oxygen atoms in total. The van der Waals surface area contributed by atoms with E-state index < -0.39 is 0 Å². The van der Waals surface area contributed by atoms with Gasteiger partial charge in [0, 0.05) is 16.0 Å². The van der Waals surface area contributed by atoms with E-state index in [-0.39, 0.29) is 11.0 Å². The van der Waals surface area contributed by atoms with Gasteiger partial charge in [0.2, 0.25) is 0 Å². The molecular weight excluding hydrogens is 340 g/mol. The Kier molecular flexibility index (Phi) is 5.22. The predicted molar refractivity (Wildman–Crippen MR) is 103 cm³/mol. The van der Waals surface area contributed by atoms with Gasteiger partial charge in [-0.15, -0.1) is 11.3 Å². The molecule has 3 rings (SSSR count). The van der Waals surface area contributed by atoms with Crippen LogP contribution in [0, 0.1) is 0 Å². The lowest BCUT2D eigenvalue weighted by Crippen LogP contribution is -2.24. The van der Waals surface area contributed by atoms with Crippen molar-refractivity contribution < 1.29 is 4.79 Å². The molecule has 1 aromatic carbocycles. The molecule has 0 spiro atoms. The standard InChI is InChI=1S/C17H18N4OS2/c18-17(23)21-19-10-13-12-8-4-5-9-14(12)24-16(13)20-15(22)11-6-2-1-3-7-11/h1-3,6-7,10H,4-5,8-9H2,(H,20,22)(H3,18,21,23)/b19-10+. The molecule has 1 aliphatic carbocycles. The van der Waals surface area contributed by atoms with Gasteiger partial charge in [-0.25, -0.2) is 0 Å². The first kappa shape index (κ1) is 16.6. The van der Waals surface area contributed by atoms with Crippen LogP contribution in [-0.2, 0) is 12.8 Å². The third-order valence-corrected chi connectivity index (χ3v) is 5.16. The zero-order valence-electron chi connectivity index (χ0n) is 13.0. The van der Waals surface area contributed by atoms with Gasteiger partial charge in [-0.1, -0.05) is 18.2 Å². The lowest BCUT2D eigenvalue weighted by molar-refractivity contribution is 0.102. The molecular formula is C17H18N4OS2. The number of nitrogens with two attached hydrogens (primary N) is 1. The number of amides is 1. The largest absolute Gasteiger partial charge is 0.375 e. The van der Waals surface area contributed by atoms with Crippen molar-refractivity contribution in [2.45, 2.75) is 25.7 Å². The fraction of sp³-hybridized carbons (Fsp3) is 0.235. The average molecular weight is 358 g/mol. The van der Waals surface area contributed by atoms with E-state index in [4.69, 9.17) is 18.0 Å². The summed E-state index contributed by atoms with van der Waals surface area (Å²) in [5.74, 6) is -0.119. The minimum atomic E-state index is -0.119. The molecule has 0 unspecified atom stereocenters. The molecule has 4 N–H and O–H groups in total.